The topological polar surface area (TPSA) is 113 Å². The first kappa shape index (κ1) is 20.1. The lowest BCUT2D eigenvalue weighted by Crippen LogP contribution is -2.37. The molecule has 158 valence electrons. The average molecular weight is 411 g/mol. The van der Waals surface area contributed by atoms with Crippen LogP contribution in [0.25, 0.3) is 11.3 Å². The van der Waals surface area contributed by atoms with Gasteiger partial charge in [-0.05, 0) is 32.6 Å². The van der Waals surface area contributed by atoms with Crippen molar-refractivity contribution in [2.45, 2.75) is 38.5 Å². The molecule has 30 heavy (non-hydrogen) atoms. The summed E-state index contributed by atoms with van der Waals surface area (Å²) in [6, 6.07) is 1.88. The van der Waals surface area contributed by atoms with E-state index in [4.69, 9.17) is 14.6 Å². The summed E-state index contributed by atoms with van der Waals surface area (Å²) < 4.78 is 5.49. The van der Waals surface area contributed by atoms with Crippen LogP contribution in [-0.2, 0) is 9.59 Å². The van der Waals surface area contributed by atoms with E-state index in [1.165, 1.54) is 0 Å². The number of hydrogen-bond donors (Lipinski definition) is 1. The SMILES string of the molecule is Cc1cc(-c2cnc(N3CCCC3)nc2C2CCN(C(=O)/C=C\C(=O)O)CC2)on1. The van der Waals surface area contributed by atoms with Gasteiger partial charge in [-0.2, -0.15) is 0 Å². The molecule has 4 rings (SSSR count). The number of hydrogen-bond acceptors (Lipinski definition) is 7. The minimum Gasteiger partial charge on any atom is -0.478 e. The number of carboxylic acids is 1. The van der Waals surface area contributed by atoms with Gasteiger partial charge in [0.1, 0.15) is 0 Å². The molecule has 0 unspecified atom stereocenters. The molecule has 9 nitrogen and oxygen atoms in total. The Labute approximate surface area is 174 Å². The first-order valence-corrected chi connectivity index (χ1v) is 10.3. The van der Waals surface area contributed by atoms with Crippen LogP contribution < -0.4 is 4.90 Å². The molecular weight excluding hydrogens is 386 g/mol. The van der Waals surface area contributed by atoms with Crippen LogP contribution in [0.3, 0.4) is 0 Å². The summed E-state index contributed by atoms with van der Waals surface area (Å²) >= 11 is 0. The molecule has 2 aromatic rings. The van der Waals surface area contributed by atoms with Crippen molar-refractivity contribution >= 4 is 17.8 Å². The Morgan fingerprint density at radius 3 is 2.53 bits per heavy atom. The molecule has 2 aliphatic heterocycles. The number of rotatable bonds is 5. The molecule has 1 amide bonds. The molecule has 2 aromatic heterocycles. The van der Waals surface area contributed by atoms with Crippen molar-refractivity contribution in [2.75, 3.05) is 31.1 Å². The maximum absolute atomic E-state index is 12.2. The van der Waals surface area contributed by atoms with Gasteiger partial charge < -0.3 is 19.4 Å². The van der Waals surface area contributed by atoms with Gasteiger partial charge in [0, 0.05) is 56.5 Å². The maximum atomic E-state index is 12.2. The van der Waals surface area contributed by atoms with Gasteiger partial charge in [-0.1, -0.05) is 5.16 Å². The fourth-order valence-electron chi connectivity index (χ4n) is 4.07. The summed E-state index contributed by atoms with van der Waals surface area (Å²) in [7, 11) is 0. The summed E-state index contributed by atoms with van der Waals surface area (Å²) in [5.41, 5.74) is 2.57. The fraction of sp³-hybridized carbons (Fsp3) is 0.476. The van der Waals surface area contributed by atoms with Crippen LogP contribution in [0.5, 0.6) is 0 Å². The molecular formula is C21H25N5O4. The highest BCUT2D eigenvalue weighted by Gasteiger charge is 2.28. The number of aromatic nitrogens is 3. The molecule has 0 aliphatic carbocycles. The zero-order chi connectivity index (χ0) is 21.1. The number of amides is 1. The second-order valence-corrected chi connectivity index (χ2v) is 7.77. The van der Waals surface area contributed by atoms with Crippen molar-refractivity contribution < 1.29 is 19.2 Å². The third kappa shape index (κ3) is 4.34. The zero-order valence-electron chi connectivity index (χ0n) is 17.0. The summed E-state index contributed by atoms with van der Waals surface area (Å²) in [4.78, 5) is 36.2. The standard InChI is InChI=1S/C21H25N5O4/c1-14-12-17(30-24-14)16-13-22-21(26-8-2-3-9-26)23-20(16)15-6-10-25(11-7-15)18(27)4-5-19(28)29/h4-5,12-13,15H,2-3,6-11H2,1H3,(H,28,29)/b5-4-. The van der Waals surface area contributed by atoms with Crippen LogP contribution >= 0.6 is 0 Å². The van der Waals surface area contributed by atoms with Gasteiger partial charge in [0.15, 0.2) is 5.76 Å². The van der Waals surface area contributed by atoms with Gasteiger partial charge in [0.2, 0.25) is 11.9 Å². The molecule has 0 atom stereocenters. The van der Waals surface area contributed by atoms with Crippen LogP contribution in [0.1, 0.15) is 43.0 Å². The van der Waals surface area contributed by atoms with Crippen molar-refractivity contribution in [3.05, 3.63) is 35.8 Å². The number of carbonyl (C=O) groups is 2. The number of aliphatic carboxylic acids is 1. The zero-order valence-corrected chi connectivity index (χ0v) is 17.0. The van der Waals surface area contributed by atoms with Crippen molar-refractivity contribution in [2.24, 2.45) is 0 Å². The molecule has 0 saturated carbocycles. The Bertz CT molecular complexity index is 956. The quantitative estimate of drug-likeness (QED) is 0.746. The Balaban J connectivity index is 1.56. The summed E-state index contributed by atoms with van der Waals surface area (Å²) in [5.74, 6) is 0.147. The minimum atomic E-state index is -1.12. The van der Waals surface area contributed by atoms with E-state index in [-0.39, 0.29) is 11.8 Å². The largest absolute Gasteiger partial charge is 0.478 e. The number of likely N-dealkylation sites (tertiary alicyclic amines) is 1. The van der Waals surface area contributed by atoms with Crippen LogP contribution in [0.2, 0.25) is 0 Å². The maximum Gasteiger partial charge on any atom is 0.328 e. The molecule has 0 radical (unpaired) electrons. The van der Waals surface area contributed by atoms with Gasteiger partial charge in [-0.15, -0.1) is 0 Å². The van der Waals surface area contributed by atoms with Crippen molar-refractivity contribution in [3.8, 4) is 11.3 Å². The Kier molecular flexibility index (Phi) is 5.78. The lowest BCUT2D eigenvalue weighted by molar-refractivity contribution is -0.132. The first-order valence-electron chi connectivity index (χ1n) is 10.3. The van der Waals surface area contributed by atoms with Gasteiger partial charge >= 0.3 is 5.97 Å². The molecule has 0 spiro atoms. The number of aryl methyl sites for hydroxylation is 1. The lowest BCUT2D eigenvalue weighted by atomic mass is 9.90. The van der Waals surface area contributed by atoms with E-state index in [2.05, 4.69) is 15.0 Å². The summed E-state index contributed by atoms with van der Waals surface area (Å²) in [5, 5.41) is 12.7. The lowest BCUT2D eigenvalue weighted by Gasteiger charge is -2.32. The third-order valence-corrected chi connectivity index (χ3v) is 5.65. The third-order valence-electron chi connectivity index (χ3n) is 5.65. The first-order chi connectivity index (χ1) is 14.5. The molecule has 1 N–H and O–H groups in total. The highest BCUT2D eigenvalue weighted by atomic mass is 16.5. The van der Waals surface area contributed by atoms with E-state index < -0.39 is 5.97 Å². The number of carboxylic acid groups (broad SMARTS) is 1. The van der Waals surface area contributed by atoms with Crippen LogP contribution in [-0.4, -0.2) is 63.2 Å². The highest BCUT2D eigenvalue weighted by Crippen LogP contribution is 2.35. The predicted molar refractivity (Wildman–Crippen MR) is 109 cm³/mol. The van der Waals surface area contributed by atoms with Gasteiger partial charge in [-0.3, -0.25) is 4.79 Å². The second kappa shape index (κ2) is 8.64. The number of anilines is 1. The normalized spacial score (nSPS) is 17.8. The van der Waals surface area contributed by atoms with E-state index in [1.54, 1.807) is 4.90 Å². The van der Waals surface area contributed by atoms with Crippen LogP contribution in [0.15, 0.2) is 28.9 Å². The molecule has 2 fully saturated rings. The number of nitrogens with zero attached hydrogens (tertiary/aromatic N) is 5. The molecule has 0 bridgehead atoms. The van der Waals surface area contributed by atoms with E-state index >= 15 is 0 Å². The summed E-state index contributed by atoms with van der Waals surface area (Å²) in [6.07, 6.45) is 7.58. The van der Waals surface area contributed by atoms with E-state index in [1.807, 2.05) is 19.2 Å². The Morgan fingerprint density at radius 2 is 1.90 bits per heavy atom. The molecule has 4 heterocycles. The predicted octanol–water partition coefficient (Wildman–Crippen LogP) is 2.39. The van der Waals surface area contributed by atoms with Crippen molar-refractivity contribution in [1.29, 1.82) is 0 Å². The second-order valence-electron chi connectivity index (χ2n) is 7.77. The van der Waals surface area contributed by atoms with E-state index in [0.29, 0.717) is 18.8 Å². The Hall–Kier alpha value is -3.23. The van der Waals surface area contributed by atoms with Gasteiger partial charge in [0.25, 0.3) is 0 Å². The average Bonchev–Trinajstić information content (AvgIpc) is 3.44. The van der Waals surface area contributed by atoms with Gasteiger partial charge in [-0.25, -0.2) is 14.8 Å². The highest BCUT2D eigenvalue weighted by molar-refractivity contribution is 5.93. The number of piperidine rings is 1. The molecule has 0 aromatic carbocycles. The van der Waals surface area contributed by atoms with Crippen molar-refractivity contribution in [3.63, 3.8) is 0 Å². The summed E-state index contributed by atoms with van der Waals surface area (Å²) in [6.45, 7) is 4.89. The van der Waals surface area contributed by atoms with Crippen LogP contribution in [0, 0.1) is 6.92 Å². The Morgan fingerprint density at radius 1 is 1.17 bits per heavy atom. The molecule has 9 heteroatoms. The molecule has 2 saturated heterocycles. The minimum absolute atomic E-state index is 0.155. The number of carbonyl (C=O) groups excluding carboxylic acids is 1. The van der Waals surface area contributed by atoms with E-state index in [0.717, 1.165) is 73.8 Å². The molecule has 2 aliphatic rings. The fourth-order valence-corrected chi connectivity index (χ4v) is 4.07. The van der Waals surface area contributed by atoms with Gasteiger partial charge in [0.05, 0.1) is 17.0 Å². The monoisotopic (exact) mass is 411 g/mol. The van der Waals surface area contributed by atoms with E-state index in [9.17, 15) is 9.59 Å². The van der Waals surface area contributed by atoms with Crippen LogP contribution in [0.4, 0.5) is 5.95 Å². The smallest absolute Gasteiger partial charge is 0.328 e. The van der Waals surface area contributed by atoms with Crippen molar-refractivity contribution in [1.82, 2.24) is 20.0 Å².